The van der Waals surface area contributed by atoms with Crippen molar-refractivity contribution >= 4 is 41.3 Å². The second-order valence-electron chi connectivity index (χ2n) is 6.06. The minimum absolute atomic E-state index is 0. The summed E-state index contributed by atoms with van der Waals surface area (Å²) >= 11 is 7.60. The van der Waals surface area contributed by atoms with Crippen LogP contribution in [0.2, 0.25) is 5.02 Å². The third-order valence-electron chi connectivity index (χ3n) is 4.18. The highest BCUT2D eigenvalue weighted by molar-refractivity contribution is 7.17. The van der Waals surface area contributed by atoms with Gasteiger partial charge in [0.2, 0.25) is 0 Å². The topological polar surface area (TPSA) is 41.1 Å². The largest absolute Gasteiger partial charge is 0.351 e. The van der Waals surface area contributed by atoms with E-state index >= 15 is 0 Å². The SMILES string of the molecule is Cc1cc(C(=O)NCC2CCCNC2)sc1-c1cccc(Cl)c1.Cl. The van der Waals surface area contributed by atoms with Gasteiger partial charge in [0.1, 0.15) is 0 Å². The molecular formula is C18H22Cl2N2OS. The number of benzene rings is 1. The van der Waals surface area contributed by atoms with E-state index in [9.17, 15) is 4.79 Å². The number of halogens is 2. The molecule has 1 saturated heterocycles. The smallest absolute Gasteiger partial charge is 0.261 e. The molecule has 24 heavy (non-hydrogen) atoms. The summed E-state index contributed by atoms with van der Waals surface area (Å²) in [4.78, 5) is 14.3. The van der Waals surface area contributed by atoms with E-state index in [1.165, 1.54) is 24.2 Å². The van der Waals surface area contributed by atoms with E-state index in [1.54, 1.807) is 0 Å². The molecule has 0 radical (unpaired) electrons. The Hall–Kier alpha value is -1.07. The van der Waals surface area contributed by atoms with Crippen LogP contribution in [0.5, 0.6) is 0 Å². The van der Waals surface area contributed by atoms with E-state index in [1.807, 2.05) is 37.3 Å². The van der Waals surface area contributed by atoms with Crippen molar-refractivity contribution in [3.8, 4) is 10.4 Å². The molecule has 1 aliphatic heterocycles. The minimum atomic E-state index is 0. The molecule has 0 aliphatic carbocycles. The van der Waals surface area contributed by atoms with Gasteiger partial charge in [0.15, 0.2) is 0 Å². The second-order valence-corrected chi connectivity index (χ2v) is 7.54. The third-order valence-corrected chi connectivity index (χ3v) is 5.70. The van der Waals surface area contributed by atoms with Crippen molar-refractivity contribution in [1.82, 2.24) is 10.6 Å². The van der Waals surface area contributed by atoms with Gasteiger partial charge in [-0.2, -0.15) is 0 Å². The van der Waals surface area contributed by atoms with Gasteiger partial charge in [-0.25, -0.2) is 0 Å². The van der Waals surface area contributed by atoms with Crippen LogP contribution in [0.15, 0.2) is 30.3 Å². The highest BCUT2D eigenvalue weighted by Gasteiger charge is 2.17. The molecule has 3 nitrogen and oxygen atoms in total. The van der Waals surface area contributed by atoms with Crippen LogP contribution in [-0.4, -0.2) is 25.5 Å². The number of hydrogen-bond donors (Lipinski definition) is 2. The van der Waals surface area contributed by atoms with Gasteiger partial charge in [0.05, 0.1) is 4.88 Å². The van der Waals surface area contributed by atoms with Gasteiger partial charge in [-0.3, -0.25) is 4.79 Å². The third kappa shape index (κ3) is 4.73. The van der Waals surface area contributed by atoms with Gasteiger partial charge in [-0.15, -0.1) is 23.7 Å². The molecule has 2 N–H and O–H groups in total. The lowest BCUT2D eigenvalue weighted by molar-refractivity contribution is 0.0949. The van der Waals surface area contributed by atoms with Crippen molar-refractivity contribution in [2.75, 3.05) is 19.6 Å². The first kappa shape index (κ1) is 19.3. The van der Waals surface area contributed by atoms with E-state index in [0.717, 1.165) is 40.5 Å². The van der Waals surface area contributed by atoms with Gasteiger partial charge in [0, 0.05) is 16.4 Å². The average molecular weight is 385 g/mol. The van der Waals surface area contributed by atoms with Crippen LogP contribution < -0.4 is 10.6 Å². The summed E-state index contributed by atoms with van der Waals surface area (Å²) in [6.07, 6.45) is 2.38. The zero-order chi connectivity index (χ0) is 16.2. The van der Waals surface area contributed by atoms with Crippen LogP contribution in [0, 0.1) is 12.8 Å². The maximum absolute atomic E-state index is 12.4. The van der Waals surface area contributed by atoms with E-state index in [0.29, 0.717) is 10.9 Å². The molecule has 1 aliphatic rings. The molecule has 1 amide bonds. The first-order valence-corrected chi connectivity index (χ1v) is 9.18. The molecule has 1 aromatic heterocycles. The zero-order valence-corrected chi connectivity index (χ0v) is 16.0. The Morgan fingerprint density at radius 1 is 1.42 bits per heavy atom. The molecule has 0 bridgehead atoms. The van der Waals surface area contributed by atoms with Gasteiger partial charge >= 0.3 is 0 Å². The summed E-state index contributed by atoms with van der Waals surface area (Å²) in [5, 5.41) is 7.17. The van der Waals surface area contributed by atoms with Crippen molar-refractivity contribution < 1.29 is 4.79 Å². The number of carbonyl (C=O) groups excluding carboxylic acids is 1. The minimum Gasteiger partial charge on any atom is -0.351 e. The number of hydrogen-bond acceptors (Lipinski definition) is 3. The van der Waals surface area contributed by atoms with Gasteiger partial charge in [-0.1, -0.05) is 23.7 Å². The Kier molecular flexibility index (Phi) is 7.11. The van der Waals surface area contributed by atoms with Crippen LogP contribution in [-0.2, 0) is 0 Å². The van der Waals surface area contributed by atoms with Crippen LogP contribution >= 0.6 is 35.3 Å². The Balaban J connectivity index is 0.00000208. The lowest BCUT2D eigenvalue weighted by Crippen LogP contribution is -2.37. The van der Waals surface area contributed by atoms with Crippen molar-refractivity contribution in [2.45, 2.75) is 19.8 Å². The molecule has 130 valence electrons. The summed E-state index contributed by atoms with van der Waals surface area (Å²) in [6.45, 7) is 4.87. The number of nitrogens with one attached hydrogen (secondary N) is 2. The number of amides is 1. The predicted molar refractivity (Wildman–Crippen MR) is 105 cm³/mol. The number of piperidine rings is 1. The molecule has 0 spiro atoms. The maximum Gasteiger partial charge on any atom is 0.261 e. The fraction of sp³-hybridized carbons (Fsp3) is 0.389. The summed E-state index contributed by atoms with van der Waals surface area (Å²) < 4.78 is 0. The molecular weight excluding hydrogens is 363 g/mol. The second kappa shape index (κ2) is 8.86. The highest BCUT2D eigenvalue weighted by atomic mass is 35.5. The zero-order valence-electron chi connectivity index (χ0n) is 13.6. The lowest BCUT2D eigenvalue weighted by Gasteiger charge is -2.22. The quantitative estimate of drug-likeness (QED) is 0.812. The number of aryl methyl sites for hydroxylation is 1. The van der Waals surface area contributed by atoms with E-state index in [-0.39, 0.29) is 18.3 Å². The molecule has 6 heteroatoms. The van der Waals surface area contributed by atoms with E-state index in [2.05, 4.69) is 10.6 Å². The molecule has 2 aromatic rings. The maximum atomic E-state index is 12.4. The number of rotatable bonds is 4. The fourth-order valence-corrected chi connectivity index (χ4v) is 4.21. The highest BCUT2D eigenvalue weighted by Crippen LogP contribution is 2.33. The van der Waals surface area contributed by atoms with Crippen molar-refractivity contribution in [3.05, 3.63) is 45.8 Å². The predicted octanol–water partition coefficient (Wildman–Crippen LogP) is 4.53. The normalized spacial score (nSPS) is 17.2. The molecule has 0 saturated carbocycles. The van der Waals surface area contributed by atoms with E-state index < -0.39 is 0 Å². The first-order chi connectivity index (χ1) is 11.1. The molecule has 1 unspecified atom stereocenters. The van der Waals surface area contributed by atoms with Gasteiger partial charge < -0.3 is 10.6 Å². The summed E-state index contributed by atoms with van der Waals surface area (Å²) in [7, 11) is 0. The van der Waals surface area contributed by atoms with E-state index in [4.69, 9.17) is 11.6 Å². The van der Waals surface area contributed by atoms with Crippen LogP contribution in [0.3, 0.4) is 0 Å². The van der Waals surface area contributed by atoms with Crippen LogP contribution in [0.4, 0.5) is 0 Å². The Morgan fingerprint density at radius 3 is 2.96 bits per heavy atom. The first-order valence-electron chi connectivity index (χ1n) is 7.99. The molecule has 3 rings (SSSR count). The lowest BCUT2D eigenvalue weighted by atomic mass is 10.00. The Labute approximate surface area is 158 Å². The monoisotopic (exact) mass is 384 g/mol. The van der Waals surface area contributed by atoms with Crippen LogP contribution in [0.1, 0.15) is 28.1 Å². The van der Waals surface area contributed by atoms with Gasteiger partial charge in [-0.05, 0) is 68.1 Å². The molecule has 1 atom stereocenters. The summed E-state index contributed by atoms with van der Waals surface area (Å²) in [5.41, 5.74) is 2.18. The van der Waals surface area contributed by atoms with Crippen LogP contribution in [0.25, 0.3) is 10.4 Å². The molecule has 1 aromatic carbocycles. The van der Waals surface area contributed by atoms with Crippen molar-refractivity contribution in [2.24, 2.45) is 5.92 Å². The Morgan fingerprint density at radius 2 is 2.25 bits per heavy atom. The number of thiophene rings is 1. The van der Waals surface area contributed by atoms with Crippen molar-refractivity contribution in [1.29, 1.82) is 0 Å². The molecule has 1 fully saturated rings. The Bertz CT molecular complexity index is 696. The van der Waals surface area contributed by atoms with Crippen molar-refractivity contribution in [3.63, 3.8) is 0 Å². The summed E-state index contributed by atoms with van der Waals surface area (Å²) in [5.74, 6) is 0.568. The summed E-state index contributed by atoms with van der Waals surface area (Å²) in [6, 6.07) is 9.73. The molecule has 2 heterocycles. The standard InChI is InChI=1S/C18H21ClN2OS.ClH/c1-12-8-16(18(22)21-11-13-4-3-7-20-10-13)23-17(12)14-5-2-6-15(19)9-14;/h2,5-6,8-9,13,20H,3-4,7,10-11H2,1H3,(H,21,22);1H. The average Bonchev–Trinajstić information content (AvgIpc) is 2.95. The fourth-order valence-electron chi connectivity index (χ4n) is 2.93. The van der Waals surface area contributed by atoms with Gasteiger partial charge in [0.25, 0.3) is 5.91 Å². The number of carbonyl (C=O) groups is 1.